The van der Waals surface area contributed by atoms with Crippen molar-refractivity contribution in [1.29, 1.82) is 0 Å². The number of aryl methyl sites for hydroxylation is 1. The average molecular weight is 393 g/mol. The van der Waals surface area contributed by atoms with Gasteiger partial charge in [-0.1, -0.05) is 0 Å². The molecule has 0 saturated heterocycles. The summed E-state index contributed by atoms with van der Waals surface area (Å²) < 4.78 is 21.6. The number of ketones is 1. The molecule has 0 spiro atoms. The van der Waals surface area contributed by atoms with E-state index in [1.807, 2.05) is 0 Å². The molecular formula is C21H15NO7. The van der Waals surface area contributed by atoms with Crippen LogP contribution in [-0.4, -0.2) is 23.6 Å². The molecule has 1 N–H and O–H groups in total. The highest BCUT2D eigenvalue weighted by atomic mass is 16.7. The van der Waals surface area contributed by atoms with Crippen molar-refractivity contribution in [2.24, 2.45) is 0 Å². The highest BCUT2D eigenvalue weighted by Crippen LogP contribution is 2.45. The Labute approximate surface area is 164 Å². The summed E-state index contributed by atoms with van der Waals surface area (Å²) in [6.07, 6.45) is 1.35. The Morgan fingerprint density at radius 3 is 2.69 bits per heavy atom. The van der Waals surface area contributed by atoms with Gasteiger partial charge in [0, 0.05) is 11.8 Å². The third kappa shape index (κ3) is 2.60. The zero-order valence-electron chi connectivity index (χ0n) is 15.2. The van der Waals surface area contributed by atoms with Crippen LogP contribution in [0.5, 0.6) is 11.5 Å². The van der Waals surface area contributed by atoms with Crippen molar-refractivity contribution < 1.29 is 33.0 Å². The van der Waals surface area contributed by atoms with E-state index in [1.165, 1.54) is 17.2 Å². The van der Waals surface area contributed by atoms with Gasteiger partial charge in [0.05, 0.1) is 11.8 Å². The van der Waals surface area contributed by atoms with Crippen LogP contribution in [0.4, 0.5) is 5.69 Å². The number of aliphatic hydroxyl groups is 1. The monoisotopic (exact) mass is 393 g/mol. The van der Waals surface area contributed by atoms with Gasteiger partial charge in [-0.05, 0) is 43.3 Å². The number of hydrogen-bond acceptors (Lipinski definition) is 7. The topological polar surface area (TPSA) is 102 Å². The maximum Gasteiger partial charge on any atom is 0.294 e. The first-order chi connectivity index (χ1) is 14.0. The Balaban J connectivity index is 1.65. The summed E-state index contributed by atoms with van der Waals surface area (Å²) >= 11 is 0. The molecule has 0 bridgehead atoms. The van der Waals surface area contributed by atoms with Crippen LogP contribution < -0.4 is 14.4 Å². The molecule has 3 aromatic rings. The summed E-state index contributed by atoms with van der Waals surface area (Å²) in [6, 6.07) is 10.4. The maximum atomic E-state index is 13.0. The minimum absolute atomic E-state index is 0.0140. The van der Waals surface area contributed by atoms with E-state index in [0.717, 1.165) is 0 Å². The summed E-state index contributed by atoms with van der Waals surface area (Å²) in [5.41, 5.74) is 0.309. The molecule has 0 aliphatic carbocycles. The van der Waals surface area contributed by atoms with E-state index in [9.17, 15) is 14.7 Å². The summed E-state index contributed by atoms with van der Waals surface area (Å²) in [6.45, 7) is 1.84. The lowest BCUT2D eigenvalue weighted by Gasteiger charge is -2.25. The number of benzene rings is 1. The van der Waals surface area contributed by atoms with Gasteiger partial charge in [0.15, 0.2) is 23.0 Å². The molecule has 2 aliphatic rings. The van der Waals surface area contributed by atoms with Crippen molar-refractivity contribution in [2.45, 2.75) is 13.0 Å². The van der Waals surface area contributed by atoms with Crippen LogP contribution in [0.2, 0.25) is 0 Å². The minimum Gasteiger partial charge on any atom is -0.503 e. The third-order valence-corrected chi connectivity index (χ3v) is 4.86. The van der Waals surface area contributed by atoms with Gasteiger partial charge < -0.3 is 23.4 Å². The molecule has 2 aromatic heterocycles. The lowest BCUT2D eigenvalue weighted by molar-refractivity contribution is -0.117. The number of aliphatic hydroxyl groups excluding tert-OH is 1. The molecule has 8 heteroatoms. The van der Waals surface area contributed by atoms with E-state index in [0.29, 0.717) is 28.7 Å². The molecule has 5 rings (SSSR count). The number of anilines is 1. The SMILES string of the molecule is Cc1ccc(C2C(C(=O)c3ccco3)=C(O)C(=O)N2c2ccc3c(c2)OCO3)o1. The molecule has 0 radical (unpaired) electrons. The van der Waals surface area contributed by atoms with Gasteiger partial charge in [-0.2, -0.15) is 0 Å². The molecule has 4 heterocycles. The quantitative estimate of drug-likeness (QED) is 0.674. The van der Waals surface area contributed by atoms with Gasteiger partial charge >= 0.3 is 0 Å². The van der Waals surface area contributed by atoms with Gasteiger partial charge in [-0.25, -0.2) is 0 Å². The zero-order valence-corrected chi connectivity index (χ0v) is 15.2. The first-order valence-corrected chi connectivity index (χ1v) is 8.85. The minimum atomic E-state index is -0.964. The van der Waals surface area contributed by atoms with Crippen LogP contribution in [0, 0.1) is 6.92 Å². The van der Waals surface area contributed by atoms with Crippen molar-refractivity contribution in [2.75, 3.05) is 11.7 Å². The smallest absolute Gasteiger partial charge is 0.294 e. The number of carbonyl (C=O) groups excluding carboxylic acids is 2. The molecule has 1 unspecified atom stereocenters. The third-order valence-electron chi connectivity index (χ3n) is 4.86. The lowest BCUT2D eigenvalue weighted by Crippen LogP contribution is -2.30. The highest BCUT2D eigenvalue weighted by molar-refractivity contribution is 6.20. The summed E-state index contributed by atoms with van der Waals surface area (Å²) in [5, 5.41) is 10.6. The lowest BCUT2D eigenvalue weighted by atomic mass is 9.99. The number of nitrogens with zero attached hydrogens (tertiary/aromatic N) is 1. The molecule has 0 fully saturated rings. The fourth-order valence-corrected chi connectivity index (χ4v) is 3.55. The number of hydrogen-bond donors (Lipinski definition) is 1. The molecule has 0 saturated carbocycles. The number of furan rings is 2. The molecule has 1 aromatic carbocycles. The first-order valence-electron chi connectivity index (χ1n) is 8.85. The van der Waals surface area contributed by atoms with Crippen LogP contribution in [0.3, 0.4) is 0 Å². The van der Waals surface area contributed by atoms with Gasteiger partial charge in [0.25, 0.3) is 5.91 Å². The number of amides is 1. The van der Waals surface area contributed by atoms with E-state index in [-0.39, 0.29) is 18.1 Å². The average Bonchev–Trinajstić information content (AvgIpc) is 3.49. The number of rotatable bonds is 4. The van der Waals surface area contributed by atoms with Crippen LogP contribution in [0.15, 0.2) is 68.9 Å². The molecule has 1 atom stereocenters. The number of Topliss-reactive ketones (excluding diaryl/α,β-unsaturated/α-hetero) is 1. The Hall–Kier alpha value is -3.94. The molecular weight excluding hydrogens is 378 g/mol. The molecule has 146 valence electrons. The van der Waals surface area contributed by atoms with Crippen LogP contribution in [-0.2, 0) is 4.79 Å². The molecule has 1 amide bonds. The Morgan fingerprint density at radius 1 is 1.14 bits per heavy atom. The Morgan fingerprint density at radius 2 is 1.97 bits per heavy atom. The Bertz CT molecular complexity index is 1160. The maximum absolute atomic E-state index is 13.0. The highest BCUT2D eigenvalue weighted by Gasteiger charge is 2.47. The molecule has 8 nitrogen and oxygen atoms in total. The fraction of sp³-hybridized carbons (Fsp3) is 0.143. The number of carbonyl (C=O) groups is 2. The predicted octanol–water partition coefficient (Wildman–Crippen LogP) is 3.69. The normalized spacial score (nSPS) is 18.0. The summed E-state index contributed by atoms with van der Waals surface area (Å²) in [7, 11) is 0. The van der Waals surface area contributed by atoms with E-state index >= 15 is 0 Å². The second-order valence-electron chi connectivity index (χ2n) is 6.63. The van der Waals surface area contributed by atoms with Crippen molar-refractivity contribution in [3.8, 4) is 11.5 Å². The van der Waals surface area contributed by atoms with Crippen molar-refractivity contribution in [3.05, 3.63) is 77.3 Å². The summed E-state index contributed by atoms with van der Waals surface area (Å²) in [5.74, 6) is 0.0100. The molecule has 2 aliphatic heterocycles. The van der Waals surface area contributed by atoms with Gasteiger partial charge in [-0.15, -0.1) is 0 Å². The van der Waals surface area contributed by atoms with E-state index in [4.69, 9.17) is 18.3 Å². The molecule has 29 heavy (non-hydrogen) atoms. The first kappa shape index (κ1) is 17.2. The predicted molar refractivity (Wildman–Crippen MR) is 98.9 cm³/mol. The van der Waals surface area contributed by atoms with Crippen molar-refractivity contribution in [3.63, 3.8) is 0 Å². The van der Waals surface area contributed by atoms with Gasteiger partial charge in [0.2, 0.25) is 12.6 Å². The van der Waals surface area contributed by atoms with E-state index in [1.54, 1.807) is 43.3 Å². The van der Waals surface area contributed by atoms with Gasteiger partial charge in [0.1, 0.15) is 17.6 Å². The number of ether oxygens (including phenoxy) is 2. The van der Waals surface area contributed by atoms with Crippen LogP contribution in [0.1, 0.15) is 28.1 Å². The van der Waals surface area contributed by atoms with E-state index < -0.39 is 23.5 Å². The van der Waals surface area contributed by atoms with Gasteiger partial charge in [-0.3, -0.25) is 14.5 Å². The second-order valence-corrected chi connectivity index (χ2v) is 6.63. The number of fused-ring (bicyclic) bond motifs is 1. The largest absolute Gasteiger partial charge is 0.503 e. The second kappa shape index (κ2) is 6.30. The fourth-order valence-electron chi connectivity index (χ4n) is 3.55. The van der Waals surface area contributed by atoms with Crippen molar-refractivity contribution >= 4 is 17.4 Å². The van der Waals surface area contributed by atoms with E-state index in [2.05, 4.69) is 0 Å². The summed E-state index contributed by atoms with van der Waals surface area (Å²) in [4.78, 5) is 27.3. The Kier molecular flexibility index (Phi) is 3.73. The standard InChI is InChI=1S/C21H15NO7/c1-11-4-6-14(29-11)18-17(19(23)15-3-2-8-26-15)20(24)21(25)22(18)12-5-7-13-16(9-12)28-10-27-13/h2-9,18,24H,10H2,1H3. The van der Waals surface area contributed by atoms with Crippen LogP contribution >= 0.6 is 0 Å². The van der Waals surface area contributed by atoms with Crippen molar-refractivity contribution in [1.82, 2.24) is 0 Å². The van der Waals surface area contributed by atoms with Crippen LogP contribution in [0.25, 0.3) is 0 Å². The zero-order chi connectivity index (χ0) is 20.1.